The molecule has 3 rings (SSSR count). The molecule has 0 aliphatic heterocycles. The summed E-state index contributed by atoms with van der Waals surface area (Å²) in [4.78, 5) is 23.0. The van der Waals surface area contributed by atoms with Gasteiger partial charge in [0.2, 0.25) is 0 Å². The molecule has 0 saturated heterocycles. The fourth-order valence-corrected chi connectivity index (χ4v) is 2.54. The number of carbonyl (C=O) groups excluding carboxylic acids is 1. The standard InChI is InChI=1S/C20H15N3O6/c1-27-14-4-6-17(18(10-14)23(25)26)19-7-5-15(29-19)9-13(11-21)20(24)22-12-16-3-2-8-28-16/h2-10H,12H2,1H3,(H,22,24). The molecule has 0 spiro atoms. The van der Waals surface area contributed by atoms with Crippen LogP contribution in [0.4, 0.5) is 5.69 Å². The lowest BCUT2D eigenvalue weighted by Crippen LogP contribution is -2.23. The molecule has 0 unspecified atom stereocenters. The van der Waals surface area contributed by atoms with Crippen molar-refractivity contribution >= 4 is 17.7 Å². The second-order valence-electron chi connectivity index (χ2n) is 5.77. The summed E-state index contributed by atoms with van der Waals surface area (Å²) in [5.74, 6) is 0.709. The minimum Gasteiger partial charge on any atom is -0.497 e. The van der Waals surface area contributed by atoms with E-state index >= 15 is 0 Å². The highest BCUT2D eigenvalue weighted by atomic mass is 16.6. The summed E-state index contributed by atoms with van der Waals surface area (Å²) >= 11 is 0. The lowest BCUT2D eigenvalue weighted by Gasteiger charge is -2.03. The van der Waals surface area contributed by atoms with E-state index in [0.29, 0.717) is 11.5 Å². The molecule has 0 radical (unpaired) electrons. The van der Waals surface area contributed by atoms with Crippen molar-refractivity contribution in [1.82, 2.24) is 5.32 Å². The Morgan fingerprint density at radius 2 is 2.17 bits per heavy atom. The van der Waals surface area contributed by atoms with Crippen LogP contribution < -0.4 is 10.1 Å². The fourth-order valence-electron chi connectivity index (χ4n) is 2.54. The number of benzene rings is 1. The number of ether oxygens (including phenoxy) is 1. The van der Waals surface area contributed by atoms with Gasteiger partial charge in [0.1, 0.15) is 34.7 Å². The molecule has 146 valence electrons. The van der Waals surface area contributed by atoms with E-state index in [4.69, 9.17) is 13.6 Å². The third kappa shape index (κ3) is 4.51. The first-order chi connectivity index (χ1) is 14.0. The maximum Gasteiger partial charge on any atom is 0.284 e. The molecule has 1 aromatic carbocycles. The van der Waals surface area contributed by atoms with E-state index in [9.17, 15) is 20.2 Å². The van der Waals surface area contributed by atoms with Crippen LogP contribution >= 0.6 is 0 Å². The molecule has 9 nitrogen and oxygen atoms in total. The third-order valence-electron chi connectivity index (χ3n) is 3.95. The minimum atomic E-state index is -0.600. The van der Waals surface area contributed by atoms with Crippen LogP contribution in [0.2, 0.25) is 0 Å². The van der Waals surface area contributed by atoms with Crippen molar-refractivity contribution in [3.05, 3.63) is 75.9 Å². The maximum absolute atomic E-state index is 12.2. The van der Waals surface area contributed by atoms with Crippen LogP contribution in [0.15, 0.2) is 63.1 Å². The first-order valence-corrected chi connectivity index (χ1v) is 8.37. The van der Waals surface area contributed by atoms with Crippen LogP contribution in [-0.2, 0) is 11.3 Å². The number of carbonyl (C=O) groups is 1. The van der Waals surface area contributed by atoms with E-state index in [-0.39, 0.29) is 34.9 Å². The summed E-state index contributed by atoms with van der Waals surface area (Å²) < 4.78 is 15.7. The summed E-state index contributed by atoms with van der Waals surface area (Å²) in [5.41, 5.74) is -0.121. The van der Waals surface area contributed by atoms with Crippen molar-refractivity contribution in [2.45, 2.75) is 6.54 Å². The number of methoxy groups -OCH3 is 1. The van der Waals surface area contributed by atoms with Crippen LogP contribution in [0.25, 0.3) is 17.4 Å². The average molecular weight is 393 g/mol. The number of nitro groups is 1. The molecule has 0 bridgehead atoms. The monoisotopic (exact) mass is 393 g/mol. The molecule has 9 heteroatoms. The third-order valence-corrected chi connectivity index (χ3v) is 3.95. The van der Waals surface area contributed by atoms with E-state index in [0.717, 1.165) is 0 Å². The number of nitrogens with one attached hydrogen (secondary N) is 1. The van der Waals surface area contributed by atoms with Gasteiger partial charge in [-0.15, -0.1) is 0 Å². The summed E-state index contributed by atoms with van der Waals surface area (Å²) in [5, 5.41) is 23.2. The molecule has 0 saturated carbocycles. The number of rotatable bonds is 7. The predicted molar refractivity (Wildman–Crippen MR) is 101 cm³/mol. The topological polar surface area (TPSA) is 132 Å². The van der Waals surface area contributed by atoms with Crippen LogP contribution in [0.5, 0.6) is 5.75 Å². The van der Waals surface area contributed by atoms with E-state index in [1.165, 1.54) is 43.7 Å². The van der Waals surface area contributed by atoms with E-state index in [1.807, 2.05) is 6.07 Å². The molecule has 0 aliphatic carbocycles. The first-order valence-electron chi connectivity index (χ1n) is 8.37. The quantitative estimate of drug-likeness (QED) is 0.280. The number of hydrogen-bond acceptors (Lipinski definition) is 7. The Balaban J connectivity index is 1.82. The van der Waals surface area contributed by atoms with Gasteiger partial charge in [-0.2, -0.15) is 5.26 Å². The predicted octanol–water partition coefficient (Wildman–Crippen LogP) is 3.68. The normalized spacial score (nSPS) is 11.0. The number of hydrogen-bond donors (Lipinski definition) is 1. The largest absolute Gasteiger partial charge is 0.497 e. The van der Waals surface area contributed by atoms with E-state index < -0.39 is 10.8 Å². The van der Waals surface area contributed by atoms with Gasteiger partial charge in [-0.1, -0.05) is 0 Å². The smallest absolute Gasteiger partial charge is 0.284 e. The van der Waals surface area contributed by atoms with Crippen LogP contribution in [0.3, 0.4) is 0 Å². The van der Waals surface area contributed by atoms with Crippen molar-refractivity contribution in [1.29, 1.82) is 5.26 Å². The van der Waals surface area contributed by atoms with Gasteiger partial charge < -0.3 is 18.9 Å². The van der Waals surface area contributed by atoms with Gasteiger partial charge in [0.25, 0.3) is 11.6 Å². The fraction of sp³-hybridized carbons (Fsp3) is 0.100. The van der Waals surface area contributed by atoms with Crippen LogP contribution in [-0.4, -0.2) is 17.9 Å². The second-order valence-corrected chi connectivity index (χ2v) is 5.77. The molecular formula is C20H15N3O6. The zero-order chi connectivity index (χ0) is 20.8. The van der Waals surface area contributed by atoms with Crippen molar-refractivity contribution in [3.8, 4) is 23.1 Å². The number of furan rings is 2. The van der Waals surface area contributed by atoms with Gasteiger partial charge in [0.15, 0.2) is 0 Å². The molecule has 0 atom stereocenters. The van der Waals surface area contributed by atoms with Crippen molar-refractivity contribution in [2.75, 3.05) is 7.11 Å². The Hall–Kier alpha value is -4.32. The lowest BCUT2D eigenvalue weighted by molar-refractivity contribution is -0.384. The molecule has 29 heavy (non-hydrogen) atoms. The lowest BCUT2D eigenvalue weighted by atomic mass is 10.1. The molecule has 1 N–H and O–H groups in total. The Bertz CT molecular complexity index is 1110. The number of nitriles is 1. The molecular weight excluding hydrogens is 378 g/mol. The Labute approximate surface area is 165 Å². The van der Waals surface area contributed by atoms with Gasteiger partial charge in [0, 0.05) is 6.08 Å². The zero-order valence-electron chi connectivity index (χ0n) is 15.2. The molecule has 2 aromatic heterocycles. The maximum atomic E-state index is 12.2. The van der Waals surface area contributed by atoms with Gasteiger partial charge in [-0.05, 0) is 36.4 Å². The van der Waals surface area contributed by atoms with Gasteiger partial charge in [0.05, 0.1) is 36.5 Å². The highest BCUT2D eigenvalue weighted by molar-refractivity contribution is 6.01. The summed E-state index contributed by atoms with van der Waals surface area (Å²) in [6, 6.07) is 12.6. The molecule has 0 aliphatic rings. The highest BCUT2D eigenvalue weighted by Gasteiger charge is 2.19. The SMILES string of the molecule is COc1ccc(-c2ccc(C=C(C#N)C(=O)NCc3ccco3)o2)c([N+](=O)[O-])c1. The van der Waals surface area contributed by atoms with Gasteiger partial charge >= 0.3 is 0 Å². The molecule has 3 aromatic rings. The molecule has 1 amide bonds. The Morgan fingerprint density at radius 1 is 1.34 bits per heavy atom. The minimum absolute atomic E-state index is 0.131. The zero-order valence-corrected chi connectivity index (χ0v) is 15.2. The average Bonchev–Trinajstić information content (AvgIpc) is 3.41. The molecule has 0 fully saturated rings. The van der Waals surface area contributed by atoms with E-state index in [2.05, 4.69) is 5.32 Å². The summed E-state index contributed by atoms with van der Waals surface area (Å²) in [7, 11) is 1.41. The Kier molecular flexibility index (Phi) is 5.75. The number of nitrogens with zero attached hydrogens (tertiary/aromatic N) is 2. The summed E-state index contributed by atoms with van der Waals surface area (Å²) in [6.45, 7) is 0.131. The number of nitro benzene ring substituents is 1. The van der Waals surface area contributed by atoms with Gasteiger partial charge in [-0.3, -0.25) is 14.9 Å². The van der Waals surface area contributed by atoms with E-state index in [1.54, 1.807) is 18.2 Å². The Morgan fingerprint density at radius 3 is 2.83 bits per heavy atom. The van der Waals surface area contributed by atoms with Crippen LogP contribution in [0, 0.1) is 21.4 Å². The van der Waals surface area contributed by atoms with Gasteiger partial charge in [-0.25, -0.2) is 0 Å². The summed E-state index contributed by atoms with van der Waals surface area (Å²) in [6.07, 6.45) is 2.74. The first kappa shape index (κ1) is 19.4. The second kappa shape index (κ2) is 8.58. The van der Waals surface area contributed by atoms with Crippen molar-refractivity contribution in [2.24, 2.45) is 0 Å². The van der Waals surface area contributed by atoms with Crippen molar-refractivity contribution in [3.63, 3.8) is 0 Å². The highest BCUT2D eigenvalue weighted by Crippen LogP contribution is 2.34. The van der Waals surface area contributed by atoms with Crippen LogP contribution in [0.1, 0.15) is 11.5 Å². The van der Waals surface area contributed by atoms with Crippen molar-refractivity contribution < 1.29 is 23.3 Å². The number of amides is 1. The molecule has 2 heterocycles.